The molecule has 4 rings (SSSR count). The predicted octanol–water partition coefficient (Wildman–Crippen LogP) is 0.838. The molecule has 2 aromatic rings. The number of carbonyl (C=O) groups excluding carboxylic acids is 1. The van der Waals surface area contributed by atoms with Crippen LogP contribution in [0, 0.1) is 5.82 Å². The molecule has 9 heteroatoms. The van der Waals surface area contributed by atoms with Crippen LogP contribution < -0.4 is 15.8 Å². The largest absolute Gasteiger partial charge is 0.376 e. The van der Waals surface area contributed by atoms with Gasteiger partial charge in [0, 0.05) is 31.9 Å². The monoisotopic (exact) mass is 359 g/mol. The van der Waals surface area contributed by atoms with Gasteiger partial charge in [0.05, 0.1) is 6.10 Å². The lowest BCUT2D eigenvalue weighted by molar-refractivity contribution is 0.0851. The number of hydrogen-bond donors (Lipinski definition) is 1. The van der Waals surface area contributed by atoms with Gasteiger partial charge in [-0.3, -0.25) is 14.2 Å². The van der Waals surface area contributed by atoms with Crippen molar-refractivity contribution in [1.82, 2.24) is 20.1 Å². The summed E-state index contributed by atoms with van der Waals surface area (Å²) in [6, 6.07) is 5.91. The van der Waals surface area contributed by atoms with Gasteiger partial charge in [-0.15, -0.1) is 10.2 Å². The Morgan fingerprint density at radius 1 is 1.27 bits per heavy atom. The highest BCUT2D eigenvalue weighted by Crippen LogP contribution is 2.26. The maximum Gasteiger partial charge on any atom is 0.286 e. The van der Waals surface area contributed by atoms with Gasteiger partial charge in [0.25, 0.3) is 11.5 Å². The van der Waals surface area contributed by atoms with Crippen LogP contribution >= 0.6 is 0 Å². The third kappa shape index (κ3) is 3.05. The molecule has 3 heterocycles. The minimum atomic E-state index is -0.548. The third-order valence-corrected chi connectivity index (χ3v) is 4.58. The van der Waals surface area contributed by atoms with Crippen LogP contribution in [0.15, 0.2) is 29.1 Å². The van der Waals surface area contributed by atoms with E-state index in [-0.39, 0.29) is 17.6 Å². The average Bonchev–Trinajstić information content (AvgIpc) is 3.31. The normalized spacial score (nSPS) is 18.8. The lowest BCUT2D eigenvalue weighted by Gasteiger charge is -2.16. The van der Waals surface area contributed by atoms with Gasteiger partial charge in [-0.25, -0.2) is 4.39 Å². The Kier molecular flexibility index (Phi) is 4.37. The van der Waals surface area contributed by atoms with E-state index in [1.165, 1.54) is 16.7 Å². The molecule has 26 heavy (non-hydrogen) atoms. The topological polar surface area (TPSA) is 89.3 Å². The molecule has 2 aliphatic heterocycles. The number of halogens is 1. The highest BCUT2D eigenvalue weighted by Gasteiger charge is 2.27. The summed E-state index contributed by atoms with van der Waals surface area (Å²) in [5.41, 5.74) is -0.000844. The number of hydrogen-bond acceptors (Lipinski definition) is 6. The molecule has 1 atom stereocenters. The van der Waals surface area contributed by atoms with Crippen LogP contribution in [0.1, 0.15) is 23.3 Å². The minimum absolute atomic E-state index is 0.0157. The predicted molar refractivity (Wildman–Crippen MR) is 91.0 cm³/mol. The highest BCUT2D eigenvalue weighted by atomic mass is 19.1. The van der Waals surface area contributed by atoms with Gasteiger partial charge >= 0.3 is 0 Å². The summed E-state index contributed by atoms with van der Waals surface area (Å²) >= 11 is 0. The highest BCUT2D eigenvalue weighted by molar-refractivity contribution is 5.91. The van der Waals surface area contributed by atoms with Gasteiger partial charge in [0.15, 0.2) is 0 Å². The van der Waals surface area contributed by atoms with Gasteiger partial charge < -0.3 is 15.0 Å². The number of rotatable bonds is 4. The van der Waals surface area contributed by atoms with Crippen molar-refractivity contribution in [3.63, 3.8) is 0 Å². The molecule has 1 N–H and O–H groups in total. The van der Waals surface area contributed by atoms with E-state index >= 15 is 0 Å². The van der Waals surface area contributed by atoms with Gasteiger partial charge in [0.2, 0.25) is 11.6 Å². The Labute approximate surface area is 148 Å². The van der Waals surface area contributed by atoms with Gasteiger partial charge in [-0.05, 0) is 37.1 Å². The Morgan fingerprint density at radius 3 is 2.81 bits per heavy atom. The lowest BCUT2D eigenvalue weighted by atomic mass is 10.2. The van der Waals surface area contributed by atoms with Crippen LogP contribution in [-0.4, -0.2) is 46.5 Å². The number of ether oxygens (including phenoxy) is 1. The fourth-order valence-corrected chi connectivity index (χ4v) is 3.22. The fourth-order valence-electron chi connectivity index (χ4n) is 3.22. The summed E-state index contributed by atoms with van der Waals surface area (Å²) in [4.78, 5) is 26.7. The number of carbonyl (C=O) groups is 1. The van der Waals surface area contributed by atoms with Crippen molar-refractivity contribution in [3.8, 4) is 0 Å². The molecule has 0 spiro atoms. The first-order chi connectivity index (χ1) is 12.6. The molecular formula is C17H18FN5O3. The van der Waals surface area contributed by atoms with Crippen LogP contribution in [0.5, 0.6) is 0 Å². The van der Waals surface area contributed by atoms with Crippen molar-refractivity contribution in [2.24, 2.45) is 0 Å². The molecule has 1 aromatic carbocycles. The van der Waals surface area contributed by atoms with Crippen molar-refractivity contribution in [2.45, 2.75) is 25.5 Å². The number of nitrogens with one attached hydrogen (secondary N) is 1. The zero-order valence-electron chi connectivity index (χ0n) is 14.0. The van der Waals surface area contributed by atoms with E-state index in [1.54, 1.807) is 17.0 Å². The standard InChI is InChI=1S/C17H18FN5O3/c18-11-3-5-12(6-4-11)22-7-8-23-16(25)14(20-21-17(22)23)15(24)19-10-13-2-1-9-26-13/h3-6,13H,1-2,7-10H2,(H,19,24). The molecule has 0 saturated carbocycles. The van der Waals surface area contributed by atoms with Crippen LogP contribution in [0.4, 0.5) is 16.0 Å². The third-order valence-electron chi connectivity index (χ3n) is 4.58. The quantitative estimate of drug-likeness (QED) is 0.870. The first-order valence-electron chi connectivity index (χ1n) is 8.54. The Hall–Kier alpha value is -2.81. The second kappa shape index (κ2) is 6.83. The van der Waals surface area contributed by atoms with Crippen LogP contribution in [0.25, 0.3) is 0 Å². The zero-order chi connectivity index (χ0) is 18.1. The second-order valence-electron chi connectivity index (χ2n) is 6.28. The molecule has 1 amide bonds. The van der Waals surface area contributed by atoms with Gasteiger partial charge in [0.1, 0.15) is 5.82 Å². The molecule has 136 valence electrons. The van der Waals surface area contributed by atoms with E-state index in [0.717, 1.165) is 12.8 Å². The molecule has 1 saturated heterocycles. The Morgan fingerprint density at radius 2 is 2.08 bits per heavy atom. The van der Waals surface area contributed by atoms with Crippen LogP contribution in [0.2, 0.25) is 0 Å². The fraction of sp³-hybridized carbons (Fsp3) is 0.412. The summed E-state index contributed by atoms with van der Waals surface area (Å²) in [7, 11) is 0. The van der Waals surface area contributed by atoms with E-state index < -0.39 is 11.5 Å². The summed E-state index contributed by atoms with van der Waals surface area (Å²) in [5.74, 6) is -0.541. The summed E-state index contributed by atoms with van der Waals surface area (Å²) in [6.07, 6.45) is 1.85. The Bertz CT molecular complexity index is 877. The van der Waals surface area contributed by atoms with Crippen molar-refractivity contribution in [2.75, 3.05) is 24.6 Å². The van der Waals surface area contributed by atoms with E-state index in [4.69, 9.17) is 4.74 Å². The van der Waals surface area contributed by atoms with Crippen molar-refractivity contribution >= 4 is 17.5 Å². The Balaban J connectivity index is 1.54. The second-order valence-corrected chi connectivity index (χ2v) is 6.28. The maximum atomic E-state index is 13.1. The number of nitrogens with zero attached hydrogens (tertiary/aromatic N) is 4. The van der Waals surface area contributed by atoms with Gasteiger partial charge in [-0.2, -0.15) is 0 Å². The van der Waals surface area contributed by atoms with E-state index in [9.17, 15) is 14.0 Å². The molecule has 2 aliphatic rings. The number of anilines is 2. The molecular weight excluding hydrogens is 341 g/mol. The van der Waals surface area contributed by atoms with E-state index in [0.29, 0.717) is 37.9 Å². The zero-order valence-corrected chi connectivity index (χ0v) is 14.0. The number of aromatic nitrogens is 3. The first-order valence-corrected chi connectivity index (χ1v) is 8.54. The minimum Gasteiger partial charge on any atom is -0.376 e. The van der Waals surface area contributed by atoms with Crippen molar-refractivity contribution < 1.29 is 13.9 Å². The first kappa shape index (κ1) is 16.6. The molecule has 1 aromatic heterocycles. The number of fused-ring (bicyclic) bond motifs is 1. The summed E-state index contributed by atoms with van der Waals surface area (Å²) < 4.78 is 20.0. The number of benzene rings is 1. The van der Waals surface area contributed by atoms with Crippen LogP contribution in [-0.2, 0) is 11.3 Å². The average molecular weight is 359 g/mol. The maximum absolute atomic E-state index is 13.1. The van der Waals surface area contributed by atoms with E-state index in [2.05, 4.69) is 15.5 Å². The van der Waals surface area contributed by atoms with E-state index in [1.807, 2.05) is 0 Å². The SMILES string of the molecule is O=C(NCC1CCCO1)c1nnc2n(c1=O)CCN2c1ccc(F)cc1. The molecule has 0 aliphatic carbocycles. The van der Waals surface area contributed by atoms with Crippen molar-refractivity contribution in [1.29, 1.82) is 0 Å². The smallest absolute Gasteiger partial charge is 0.286 e. The molecule has 0 radical (unpaired) electrons. The van der Waals surface area contributed by atoms with Crippen LogP contribution in [0.3, 0.4) is 0 Å². The number of amides is 1. The van der Waals surface area contributed by atoms with Gasteiger partial charge in [-0.1, -0.05) is 0 Å². The molecule has 0 bridgehead atoms. The molecule has 1 unspecified atom stereocenters. The summed E-state index contributed by atoms with van der Waals surface area (Å²) in [5, 5.41) is 10.6. The molecule has 1 fully saturated rings. The van der Waals surface area contributed by atoms with Crippen molar-refractivity contribution in [3.05, 3.63) is 46.1 Å². The summed E-state index contributed by atoms with van der Waals surface area (Å²) in [6.45, 7) is 1.92. The lowest BCUT2D eigenvalue weighted by Crippen LogP contribution is -2.38. The molecule has 8 nitrogen and oxygen atoms in total.